The van der Waals surface area contributed by atoms with Gasteiger partial charge in [0.25, 0.3) is 5.91 Å². The van der Waals surface area contributed by atoms with Crippen molar-refractivity contribution in [3.05, 3.63) is 24.3 Å². The molecular formula is C16H21NO4S. The van der Waals surface area contributed by atoms with E-state index in [2.05, 4.69) is 0 Å². The Hall–Kier alpha value is -1.69. The molecule has 1 N–H and O–H groups in total. The molecule has 0 radical (unpaired) electrons. The van der Waals surface area contributed by atoms with Crippen LogP contribution in [0.3, 0.4) is 0 Å². The third-order valence-electron chi connectivity index (χ3n) is 3.80. The highest BCUT2D eigenvalue weighted by Crippen LogP contribution is 2.21. The minimum atomic E-state index is -0.835. The number of nitrogens with zero attached hydrogens (tertiary/aromatic N) is 1. The maximum Gasteiger partial charge on any atom is 0.308 e. The number of benzene rings is 1. The van der Waals surface area contributed by atoms with Gasteiger partial charge in [0.05, 0.1) is 5.92 Å². The molecule has 0 bridgehead atoms. The van der Waals surface area contributed by atoms with Gasteiger partial charge in [-0.1, -0.05) is 0 Å². The van der Waals surface area contributed by atoms with Gasteiger partial charge in [0, 0.05) is 18.0 Å². The minimum Gasteiger partial charge on any atom is -0.481 e. The molecule has 1 aliphatic rings. The topological polar surface area (TPSA) is 66.8 Å². The molecule has 1 amide bonds. The van der Waals surface area contributed by atoms with Gasteiger partial charge in [-0.15, -0.1) is 11.8 Å². The van der Waals surface area contributed by atoms with Gasteiger partial charge in [-0.2, -0.15) is 0 Å². The van der Waals surface area contributed by atoms with Crippen LogP contribution in [0.2, 0.25) is 0 Å². The predicted molar refractivity (Wildman–Crippen MR) is 85.3 cm³/mol. The van der Waals surface area contributed by atoms with Gasteiger partial charge in [0.2, 0.25) is 0 Å². The molecule has 5 nitrogen and oxygen atoms in total. The number of carboxylic acids is 1. The maximum absolute atomic E-state index is 12.4. The number of thioether (sulfide) groups is 1. The van der Waals surface area contributed by atoms with Crippen LogP contribution >= 0.6 is 11.8 Å². The Labute approximate surface area is 134 Å². The predicted octanol–water partition coefficient (Wildman–Crippen LogP) is 2.50. The van der Waals surface area contributed by atoms with Crippen LogP contribution in [0.4, 0.5) is 0 Å². The Bertz CT molecular complexity index is 531. The number of hydrogen-bond acceptors (Lipinski definition) is 4. The summed E-state index contributed by atoms with van der Waals surface area (Å²) in [4.78, 5) is 26.2. The van der Waals surface area contributed by atoms with Crippen molar-refractivity contribution in [1.29, 1.82) is 0 Å². The number of carbonyl (C=O) groups excluding carboxylic acids is 1. The monoisotopic (exact) mass is 323 g/mol. The molecule has 6 heteroatoms. The Morgan fingerprint density at radius 1 is 1.36 bits per heavy atom. The molecule has 1 heterocycles. The summed E-state index contributed by atoms with van der Waals surface area (Å²) in [6, 6.07) is 7.56. The second-order valence-electron chi connectivity index (χ2n) is 5.40. The molecule has 0 saturated carbocycles. The number of aliphatic carboxylic acids is 1. The lowest BCUT2D eigenvalue weighted by Crippen LogP contribution is -2.47. The zero-order chi connectivity index (χ0) is 16.1. The van der Waals surface area contributed by atoms with E-state index in [-0.39, 0.29) is 12.5 Å². The number of carbonyl (C=O) groups is 2. The van der Waals surface area contributed by atoms with E-state index >= 15 is 0 Å². The zero-order valence-electron chi connectivity index (χ0n) is 12.8. The summed E-state index contributed by atoms with van der Waals surface area (Å²) in [5, 5.41) is 9.09. The van der Waals surface area contributed by atoms with Crippen LogP contribution < -0.4 is 4.74 Å². The van der Waals surface area contributed by atoms with Crippen molar-refractivity contribution in [2.24, 2.45) is 5.92 Å². The maximum atomic E-state index is 12.4. The van der Waals surface area contributed by atoms with E-state index in [0.717, 1.165) is 11.3 Å². The SMILES string of the molecule is CSc1ccc(OC(C)C(=O)N2CCC[C@H](C(=O)O)C2)cc1. The van der Waals surface area contributed by atoms with Gasteiger partial charge in [-0.3, -0.25) is 9.59 Å². The molecule has 22 heavy (non-hydrogen) atoms. The Morgan fingerprint density at radius 3 is 2.64 bits per heavy atom. The first-order valence-electron chi connectivity index (χ1n) is 7.33. The molecule has 1 aliphatic heterocycles. The molecular weight excluding hydrogens is 302 g/mol. The average Bonchev–Trinajstić information content (AvgIpc) is 2.54. The van der Waals surface area contributed by atoms with E-state index in [1.54, 1.807) is 23.6 Å². The molecule has 1 aromatic rings. The first-order valence-corrected chi connectivity index (χ1v) is 8.56. The fraction of sp³-hybridized carbons (Fsp3) is 0.500. The van der Waals surface area contributed by atoms with Crippen molar-refractivity contribution in [3.8, 4) is 5.75 Å². The summed E-state index contributed by atoms with van der Waals surface area (Å²) in [6.07, 6.45) is 2.73. The van der Waals surface area contributed by atoms with Crippen LogP contribution in [-0.4, -0.2) is 47.3 Å². The fourth-order valence-corrected chi connectivity index (χ4v) is 2.95. The highest BCUT2D eigenvalue weighted by molar-refractivity contribution is 7.98. The van der Waals surface area contributed by atoms with E-state index in [1.165, 1.54) is 0 Å². The van der Waals surface area contributed by atoms with Crippen molar-refractivity contribution < 1.29 is 19.4 Å². The number of ether oxygens (including phenoxy) is 1. The fourth-order valence-electron chi connectivity index (χ4n) is 2.54. The standard InChI is InChI=1S/C16H21NO4S/c1-11(21-13-5-7-14(22-2)8-6-13)15(18)17-9-3-4-12(10-17)16(19)20/h5-8,11-12H,3-4,9-10H2,1-2H3,(H,19,20)/t11?,12-/m0/s1. The van der Waals surface area contributed by atoms with Crippen LogP contribution in [0.1, 0.15) is 19.8 Å². The molecule has 2 rings (SSSR count). The molecule has 1 unspecified atom stereocenters. The summed E-state index contributed by atoms with van der Waals surface area (Å²) < 4.78 is 5.68. The third kappa shape index (κ3) is 4.16. The van der Waals surface area contributed by atoms with Crippen LogP contribution in [0.5, 0.6) is 5.75 Å². The van der Waals surface area contributed by atoms with E-state index in [0.29, 0.717) is 18.7 Å². The largest absolute Gasteiger partial charge is 0.481 e. The zero-order valence-corrected chi connectivity index (χ0v) is 13.6. The van der Waals surface area contributed by atoms with Crippen LogP contribution in [0, 0.1) is 5.92 Å². The average molecular weight is 323 g/mol. The third-order valence-corrected chi connectivity index (χ3v) is 4.55. The molecule has 1 fully saturated rings. The van der Waals surface area contributed by atoms with Gasteiger partial charge >= 0.3 is 5.97 Å². The van der Waals surface area contributed by atoms with E-state index in [9.17, 15) is 9.59 Å². The van der Waals surface area contributed by atoms with Gasteiger partial charge in [-0.05, 0) is 50.3 Å². The highest BCUT2D eigenvalue weighted by atomic mass is 32.2. The first kappa shape index (κ1) is 16.7. The molecule has 1 aromatic carbocycles. The molecule has 0 aromatic heterocycles. The summed E-state index contributed by atoms with van der Waals surface area (Å²) in [5.41, 5.74) is 0. The van der Waals surface area contributed by atoms with Gasteiger partial charge in [0.1, 0.15) is 5.75 Å². The van der Waals surface area contributed by atoms with Crippen molar-refractivity contribution >= 4 is 23.6 Å². The minimum absolute atomic E-state index is 0.153. The van der Waals surface area contributed by atoms with Crippen molar-refractivity contribution in [2.45, 2.75) is 30.8 Å². The number of hydrogen-bond donors (Lipinski definition) is 1. The Balaban J connectivity index is 1.94. The number of rotatable bonds is 5. The lowest BCUT2D eigenvalue weighted by Gasteiger charge is -2.32. The molecule has 2 atom stereocenters. The van der Waals surface area contributed by atoms with Gasteiger partial charge < -0.3 is 14.7 Å². The second-order valence-corrected chi connectivity index (χ2v) is 6.28. The number of piperidine rings is 1. The molecule has 1 saturated heterocycles. The smallest absolute Gasteiger partial charge is 0.308 e. The van der Waals surface area contributed by atoms with E-state index < -0.39 is 18.0 Å². The Kier molecular flexibility index (Phi) is 5.71. The first-order chi connectivity index (χ1) is 10.5. The summed E-state index contributed by atoms with van der Waals surface area (Å²) in [6.45, 7) is 2.57. The van der Waals surface area contributed by atoms with Gasteiger partial charge in [-0.25, -0.2) is 0 Å². The normalized spacial score (nSPS) is 19.5. The lowest BCUT2D eigenvalue weighted by atomic mass is 9.98. The van der Waals surface area contributed by atoms with Crippen LogP contribution in [0.15, 0.2) is 29.2 Å². The number of likely N-dealkylation sites (tertiary alicyclic amines) is 1. The molecule has 120 valence electrons. The number of amides is 1. The van der Waals surface area contributed by atoms with Crippen molar-refractivity contribution in [2.75, 3.05) is 19.3 Å². The lowest BCUT2D eigenvalue weighted by molar-refractivity contribution is -0.147. The van der Waals surface area contributed by atoms with Crippen molar-refractivity contribution in [3.63, 3.8) is 0 Å². The molecule has 0 spiro atoms. The summed E-state index contributed by atoms with van der Waals surface area (Å²) in [5.74, 6) is -0.810. The molecule has 0 aliphatic carbocycles. The highest BCUT2D eigenvalue weighted by Gasteiger charge is 2.30. The van der Waals surface area contributed by atoms with Crippen LogP contribution in [0.25, 0.3) is 0 Å². The summed E-state index contributed by atoms with van der Waals surface area (Å²) >= 11 is 1.64. The van der Waals surface area contributed by atoms with Crippen molar-refractivity contribution in [1.82, 2.24) is 4.90 Å². The summed E-state index contributed by atoms with van der Waals surface area (Å²) in [7, 11) is 0. The quantitative estimate of drug-likeness (QED) is 0.843. The van der Waals surface area contributed by atoms with E-state index in [4.69, 9.17) is 9.84 Å². The van der Waals surface area contributed by atoms with Crippen LogP contribution in [-0.2, 0) is 9.59 Å². The van der Waals surface area contributed by atoms with Gasteiger partial charge in [0.15, 0.2) is 6.10 Å². The Morgan fingerprint density at radius 2 is 2.05 bits per heavy atom. The van der Waals surface area contributed by atoms with E-state index in [1.807, 2.05) is 30.5 Å². The number of carboxylic acid groups (broad SMARTS) is 1. The second kappa shape index (κ2) is 7.54.